The highest BCUT2D eigenvalue weighted by Crippen LogP contribution is 2.50. The zero-order valence-corrected chi connectivity index (χ0v) is 11.2. The summed E-state index contributed by atoms with van der Waals surface area (Å²) in [6.45, 7) is 3.16. The van der Waals surface area contributed by atoms with Gasteiger partial charge in [-0.2, -0.15) is 0 Å². The zero-order valence-electron chi connectivity index (χ0n) is 11.2. The van der Waals surface area contributed by atoms with Gasteiger partial charge in [0.15, 0.2) is 0 Å². The number of rotatable bonds is 3. The molecule has 2 heteroatoms. The number of ether oxygens (including phenoxy) is 1. The number of hydrogen-bond acceptors (Lipinski definition) is 2. The number of hydrogen-bond donors (Lipinski definition) is 1. The topological polar surface area (TPSA) is 35.2 Å². The lowest BCUT2D eigenvalue weighted by atomic mass is 9.78. The Morgan fingerprint density at radius 3 is 2.76 bits per heavy atom. The molecule has 3 rings (SSSR count). The van der Waals surface area contributed by atoms with Crippen molar-refractivity contribution in [1.82, 2.24) is 0 Å². The Morgan fingerprint density at radius 1 is 1.29 bits per heavy atom. The van der Waals surface area contributed by atoms with Crippen LogP contribution in [0.2, 0.25) is 0 Å². The van der Waals surface area contributed by atoms with Crippen molar-refractivity contribution < 1.29 is 4.74 Å². The van der Waals surface area contributed by atoms with Crippen molar-refractivity contribution in [2.75, 3.05) is 6.61 Å². The molecule has 0 amide bonds. The van der Waals surface area contributed by atoms with Gasteiger partial charge >= 0.3 is 0 Å². The molecule has 1 heterocycles. The summed E-state index contributed by atoms with van der Waals surface area (Å²) in [5.74, 6) is 2.95. The molecule has 2 aliphatic carbocycles. The predicted molar refractivity (Wildman–Crippen MR) is 69.7 cm³/mol. The molecule has 98 valence electrons. The normalized spacial score (nSPS) is 47.3. The molecule has 0 aromatic carbocycles. The molecule has 0 spiro atoms. The first-order valence-corrected chi connectivity index (χ1v) is 7.57. The van der Waals surface area contributed by atoms with E-state index in [9.17, 15) is 0 Å². The number of nitrogens with two attached hydrogens (primary N) is 1. The van der Waals surface area contributed by atoms with Crippen LogP contribution in [0.4, 0.5) is 0 Å². The van der Waals surface area contributed by atoms with Crippen LogP contribution in [0, 0.1) is 17.8 Å². The summed E-state index contributed by atoms with van der Waals surface area (Å²) < 4.78 is 5.99. The Balaban J connectivity index is 1.57. The molecule has 1 aliphatic heterocycles. The molecule has 1 saturated heterocycles. The van der Waals surface area contributed by atoms with E-state index in [1.54, 1.807) is 0 Å². The minimum atomic E-state index is -0.0277. The fourth-order valence-corrected chi connectivity index (χ4v) is 4.49. The molecule has 0 aromatic rings. The molecule has 2 bridgehead atoms. The summed E-state index contributed by atoms with van der Waals surface area (Å²) in [6, 6.07) is 0.257. The van der Waals surface area contributed by atoms with Gasteiger partial charge in [0.25, 0.3) is 0 Å². The summed E-state index contributed by atoms with van der Waals surface area (Å²) in [7, 11) is 0. The Hall–Kier alpha value is -0.0800. The minimum absolute atomic E-state index is 0.0277. The molecule has 2 saturated carbocycles. The van der Waals surface area contributed by atoms with Crippen LogP contribution >= 0.6 is 0 Å². The van der Waals surface area contributed by atoms with Gasteiger partial charge in [-0.25, -0.2) is 0 Å². The lowest BCUT2D eigenvalue weighted by Crippen LogP contribution is -2.50. The number of fused-ring (bicyclic) bond motifs is 2. The van der Waals surface area contributed by atoms with Gasteiger partial charge < -0.3 is 10.5 Å². The maximum atomic E-state index is 6.47. The predicted octanol–water partition coefficient (Wildman–Crippen LogP) is 3.10. The van der Waals surface area contributed by atoms with Crippen molar-refractivity contribution in [3.8, 4) is 0 Å². The van der Waals surface area contributed by atoms with E-state index in [4.69, 9.17) is 10.5 Å². The molecule has 5 atom stereocenters. The van der Waals surface area contributed by atoms with Crippen LogP contribution in [0.15, 0.2) is 0 Å². The van der Waals surface area contributed by atoms with Crippen LogP contribution in [-0.2, 0) is 4.74 Å². The largest absolute Gasteiger partial charge is 0.374 e. The summed E-state index contributed by atoms with van der Waals surface area (Å²) >= 11 is 0. The fraction of sp³-hybridized carbons (Fsp3) is 1.00. The van der Waals surface area contributed by atoms with E-state index in [1.165, 1.54) is 44.9 Å². The summed E-state index contributed by atoms with van der Waals surface area (Å²) in [5.41, 5.74) is 6.44. The maximum Gasteiger partial charge on any atom is 0.0804 e. The second-order valence-corrected chi connectivity index (χ2v) is 6.90. The van der Waals surface area contributed by atoms with Gasteiger partial charge in [0, 0.05) is 12.6 Å². The smallest absolute Gasteiger partial charge is 0.0804 e. The zero-order chi connectivity index (χ0) is 11.9. The van der Waals surface area contributed by atoms with Crippen molar-refractivity contribution in [3.05, 3.63) is 0 Å². The third kappa shape index (κ3) is 2.26. The minimum Gasteiger partial charge on any atom is -0.374 e. The molecular weight excluding hydrogens is 210 g/mol. The van der Waals surface area contributed by atoms with Gasteiger partial charge in [-0.1, -0.05) is 6.42 Å². The van der Waals surface area contributed by atoms with Gasteiger partial charge in [0.05, 0.1) is 5.60 Å². The van der Waals surface area contributed by atoms with Crippen molar-refractivity contribution >= 4 is 0 Å². The van der Waals surface area contributed by atoms with E-state index in [2.05, 4.69) is 6.92 Å². The average Bonchev–Trinajstić information content (AvgIpc) is 2.92. The second-order valence-electron chi connectivity index (χ2n) is 6.90. The Morgan fingerprint density at radius 2 is 2.18 bits per heavy atom. The second kappa shape index (κ2) is 4.55. The van der Waals surface area contributed by atoms with Crippen LogP contribution in [0.5, 0.6) is 0 Å². The molecule has 17 heavy (non-hydrogen) atoms. The van der Waals surface area contributed by atoms with Crippen LogP contribution in [0.25, 0.3) is 0 Å². The van der Waals surface area contributed by atoms with Crippen LogP contribution < -0.4 is 5.73 Å². The lowest BCUT2D eigenvalue weighted by Gasteiger charge is -2.40. The Bertz CT molecular complexity index is 272. The first-order valence-electron chi connectivity index (χ1n) is 7.57. The van der Waals surface area contributed by atoms with Crippen LogP contribution in [0.1, 0.15) is 58.3 Å². The summed E-state index contributed by atoms with van der Waals surface area (Å²) in [4.78, 5) is 0. The molecule has 2 nitrogen and oxygen atoms in total. The molecule has 0 aromatic heterocycles. The van der Waals surface area contributed by atoms with Crippen LogP contribution in [0.3, 0.4) is 0 Å². The standard InChI is InChI=1S/C15H27NO/c1-15(6-2-3-7-17-15)14(16)10-13-9-11-4-5-12(13)8-11/h11-14H,2-10,16H2,1H3. The Labute approximate surface area is 105 Å². The average molecular weight is 237 g/mol. The highest BCUT2D eigenvalue weighted by Gasteiger charge is 2.43. The van der Waals surface area contributed by atoms with Gasteiger partial charge in [0.2, 0.25) is 0 Å². The van der Waals surface area contributed by atoms with E-state index in [1.807, 2.05) is 0 Å². The van der Waals surface area contributed by atoms with Crippen molar-refractivity contribution in [3.63, 3.8) is 0 Å². The molecule has 2 N–H and O–H groups in total. The quantitative estimate of drug-likeness (QED) is 0.818. The summed E-state index contributed by atoms with van der Waals surface area (Å²) in [6.07, 6.45) is 10.8. The van der Waals surface area contributed by atoms with E-state index in [-0.39, 0.29) is 11.6 Å². The van der Waals surface area contributed by atoms with E-state index < -0.39 is 0 Å². The lowest BCUT2D eigenvalue weighted by molar-refractivity contribution is -0.0858. The van der Waals surface area contributed by atoms with Crippen molar-refractivity contribution in [1.29, 1.82) is 0 Å². The first-order chi connectivity index (χ1) is 8.17. The van der Waals surface area contributed by atoms with Crippen LogP contribution in [-0.4, -0.2) is 18.2 Å². The van der Waals surface area contributed by atoms with Gasteiger partial charge in [0.1, 0.15) is 0 Å². The van der Waals surface area contributed by atoms with Gasteiger partial charge in [-0.3, -0.25) is 0 Å². The fourth-order valence-electron chi connectivity index (χ4n) is 4.49. The Kier molecular flexibility index (Phi) is 3.20. The van der Waals surface area contributed by atoms with E-state index in [0.717, 1.165) is 30.8 Å². The highest BCUT2D eigenvalue weighted by molar-refractivity contribution is 4.96. The molecule has 3 aliphatic rings. The van der Waals surface area contributed by atoms with E-state index >= 15 is 0 Å². The molecule has 3 fully saturated rings. The van der Waals surface area contributed by atoms with E-state index in [0.29, 0.717) is 0 Å². The van der Waals surface area contributed by atoms with Crippen molar-refractivity contribution in [2.45, 2.75) is 69.9 Å². The van der Waals surface area contributed by atoms with Crippen molar-refractivity contribution in [2.24, 2.45) is 23.5 Å². The monoisotopic (exact) mass is 237 g/mol. The molecule has 5 unspecified atom stereocenters. The maximum absolute atomic E-state index is 6.47. The third-order valence-electron chi connectivity index (χ3n) is 5.72. The highest BCUT2D eigenvalue weighted by atomic mass is 16.5. The summed E-state index contributed by atoms with van der Waals surface area (Å²) in [5, 5.41) is 0. The molecule has 0 radical (unpaired) electrons. The van der Waals surface area contributed by atoms with Gasteiger partial charge in [-0.15, -0.1) is 0 Å². The molecular formula is C15H27NO. The third-order valence-corrected chi connectivity index (χ3v) is 5.72. The SMILES string of the molecule is CC1(C(N)CC2CC3CCC2C3)CCCCO1. The van der Waals surface area contributed by atoms with Gasteiger partial charge in [-0.05, 0) is 69.6 Å². The first kappa shape index (κ1) is 12.0.